The summed E-state index contributed by atoms with van der Waals surface area (Å²) in [5.74, 6) is 4.82. The maximum Gasteiger partial charge on any atom is 0.128 e. The summed E-state index contributed by atoms with van der Waals surface area (Å²) in [5.41, 5.74) is 20.8. The lowest BCUT2D eigenvalue weighted by atomic mass is 10.1. The van der Waals surface area contributed by atoms with Gasteiger partial charge in [0.1, 0.15) is 51.9 Å². The van der Waals surface area contributed by atoms with Crippen molar-refractivity contribution in [2.75, 3.05) is 122 Å². The molecule has 17 aromatic rings. The minimum absolute atomic E-state index is 0.0566. The van der Waals surface area contributed by atoms with Crippen LogP contribution < -0.4 is 52.8 Å². The number of aliphatic hydroxyl groups is 4. The van der Waals surface area contributed by atoms with Crippen LogP contribution in [0.2, 0.25) is 0 Å². The maximum absolute atomic E-state index is 14.2. The molecule has 10 heterocycles. The second-order valence-corrected chi connectivity index (χ2v) is 32.1. The lowest BCUT2D eigenvalue weighted by molar-refractivity contribution is 0.0701. The predicted molar refractivity (Wildman–Crippen MR) is 525 cm³/mol. The van der Waals surface area contributed by atoms with Gasteiger partial charge < -0.3 is 101 Å². The Labute approximate surface area is 781 Å². The summed E-state index contributed by atoms with van der Waals surface area (Å²) in [4.78, 5) is 54.6. The van der Waals surface area contributed by atoms with Crippen molar-refractivity contribution in [3.63, 3.8) is 0 Å². The van der Waals surface area contributed by atoms with Gasteiger partial charge in [0.2, 0.25) is 0 Å². The van der Waals surface area contributed by atoms with Gasteiger partial charge in [-0.05, 0) is 123 Å². The number of ether oxygens (including phenoxy) is 8. The average molecular weight is 1820 g/mol. The van der Waals surface area contributed by atoms with Gasteiger partial charge in [0, 0.05) is 231 Å². The Balaban J connectivity index is 0.000000137. The van der Waals surface area contributed by atoms with E-state index in [4.69, 9.17) is 57.8 Å². The van der Waals surface area contributed by atoms with Gasteiger partial charge in [-0.25, -0.2) is 29.3 Å². The first-order valence-corrected chi connectivity index (χ1v) is 43.6. The molecule has 694 valence electrons. The first-order valence-electron chi connectivity index (χ1n) is 43.6. The molecular formula is C103H108FN19O12. The normalized spacial score (nSPS) is 12.2. The molecule has 32 heteroatoms. The molecule has 0 saturated carbocycles. The molecule has 0 bridgehead atoms. The molecule has 9 aromatic heterocycles. The van der Waals surface area contributed by atoms with E-state index in [2.05, 4.69) is 70.6 Å². The van der Waals surface area contributed by atoms with Crippen LogP contribution in [0.4, 0.5) is 49.9 Å². The number of fused-ring (bicyclic) bond motifs is 4. The number of aryl methyl sites for hydroxylation is 5. The molecule has 135 heavy (non-hydrogen) atoms. The summed E-state index contributed by atoms with van der Waals surface area (Å²) in [7, 11) is 18.8. The van der Waals surface area contributed by atoms with Gasteiger partial charge in [-0.2, -0.15) is 0 Å². The Morgan fingerprint density at radius 3 is 1.07 bits per heavy atom. The van der Waals surface area contributed by atoms with Crippen molar-refractivity contribution in [3.8, 4) is 85.3 Å². The van der Waals surface area contributed by atoms with Gasteiger partial charge in [-0.3, -0.25) is 24.9 Å². The van der Waals surface area contributed by atoms with Crippen LogP contribution in [-0.2, 0) is 39.0 Å². The zero-order valence-electron chi connectivity index (χ0n) is 77.4. The van der Waals surface area contributed by atoms with Crippen molar-refractivity contribution in [1.29, 1.82) is 0 Å². The van der Waals surface area contributed by atoms with Gasteiger partial charge in [-0.1, -0.05) is 6.08 Å². The van der Waals surface area contributed by atoms with Gasteiger partial charge in [-0.15, -0.1) is 0 Å². The number of imidazole rings is 1. The van der Waals surface area contributed by atoms with Crippen molar-refractivity contribution in [2.24, 2.45) is 26.1 Å². The number of rotatable bonds is 33. The van der Waals surface area contributed by atoms with E-state index in [1.807, 2.05) is 258 Å². The van der Waals surface area contributed by atoms with Crippen LogP contribution in [0.1, 0.15) is 12.7 Å². The lowest BCUT2D eigenvalue weighted by Crippen LogP contribution is -2.32. The highest BCUT2D eigenvalue weighted by Crippen LogP contribution is 2.41. The van der Waals surface area contributed by atoms with E-state index in [0.717, 1.165) is 142 Å². The largest absolute Gasteiger partial charge is 0.497 e. The van der Waals surface area contributed by atoms with Crippen molar-refractivity contribution < 1.29 is 62.7 Å². The number of halogens is 1. The van der Waals surface area contributed by atoms with E-state index in [1.54, 1.807) is 85.5 Å². The first-order chi connectivity index (χ1) is 65.5. The summed E-state index contributed by atoms with van der Waals surface area (Å²) >= 11 is 0. The van der Waals surface area contributed by atoms with Crippen LogP contribution in [0.5, 0.6) is 40.2 Å². The molecule has 8 aromatic carbocycles. The number of aliphatic imine (C=N–C) groups is 1. The number of aromatic nitrogens is 14. The zero-order chi connectivity index (χ0) is 94.8. The summed E-state index contributed by atoms with van der Waals surface area (Å²) in [5, 5.41) is 41.2. The SMILES string of the molecule is CCn1ccc(-c2cnc3ccc(N(CC(O)CO)c4cc(F)cc(OC)c4)cc3n2)c1.COC[C@H](O)CN(c1cc(OC)cc(OC)c1)c1ccc2ncc(-c3ccn(C)c3)nc2c1.COc1cc(OC)cc(N(CC(O)Cn2ccnc2C)c2ccc3ncc(-c4ccn(C)c4)nc3c2)c1.COc1cc(OC)cc(N(CC2=NCC=C2)c2ccc3ncc(-c4ccn(C)c4)nc3c2)c1. The quantitative estimate of drug-likeness (QED) is 0.0297. The molecule has 1 aliphatic rings. The van der Waals surface area contributed by atoms with E-state index in [1.165, 1.54) is 19.2 Å². The number of anilines is 8. The summed E-state index contributed by atoms with van der Waals surface area (Å²) in [6, 6.07) is 52.9. The predicted octanol–water partition coefficient (Wildman–Crippen LogP) is 16.7. The number of benzene rings is 8. The topological polar surface area (TPSA) is 321 Å². The molecule has 4 N–H and O–H groups in total. The van der Waals surface area contributed by atoms with Crippen LogP contribution in [0, 0.1) is 12.7 Å². The summed E-state index contributed by atoms with van der Waals surface area (Å²) in [6.45, 7) is 7.08. The summed E-state index contributed by atoms with van der Waals surface area (Å²) in [6.07, 6.45) is 28.5. The van der Waals surface area contributed by atoms with Crippen molar-refractivity contribution >= 4 is 95.3 Å². The van der Waals surface area contributed by atoms with Crippen molar-refractivity contribution in [1.82, 2.24) is 67.7 Å². The van der Waals surface area contributed by atoms with Gasteiger partial charge in [0.05, 0.1) is 218 Å². The standard InChI is InChI=1S/C28H30N6O3.C26H25N5O2.C25H28N4O4.C24H25FN4O3/c1-19-29-8-10-33(19)17-23(35)18-34(22-11-24(36-3)14-25(12-22)37-4)21-5-6-26-27(13-21)31-28(15-30-26)20-7-9-32(2)16-20;1-30-10-8-18(16-30)26-15-28-24-7-6-20(13-25(24)29-26)31(17-19-5-4-9-27-19)21-11-22(32-2)14-23(12-21)33-3;1-28-8-7-17(14-28)25-13-26-23-6-5-18(11-24(23)27-25)29(15-20(30)16-31-2)19-9-21(32-3)12-22(10-19)33-4;1-3-28-7-6-16(13-28)24-12-26-22-5-4-18(11-23(22)27-24)29(14-20(31)15-30)19-8-17(25)9-21(10-19)32-2/h5-16,23,35H,17-18H2,1-4H3;4-8,10-16H,9,17H2,1-3H3;5-14,20,30H,15-16H2,1-4H3;4-13,20,30-31H,3,14-15H2,1-2H3/t;;20-;/m..1./s1. The Hall–Kier alpha value is -15.6. The molecule has 2 unspecified atom stereocenters. The third-order valence-electron chi connectivity index (χ3n) is 22.6. The highest BCUT2D eigenvalue weighted by molar-refractivity contribution is 6.01. The number of aliphatic hydroxyl groups excluding tert-OH is 4. The minimum atomic E-state index is -1.02. The molecule has 1 aliphatic heterocycles. The van der Waals surface area contributed by atoms with Crippen LogP contribution >= 0.6 is 0 Å². The maximum atomic E-state index is 14.2. The fourth-order valence-electron chi connectivity index (χ4n) is 15.6. The molecule has 0 fully saturated rings. The van der Waals surface area contributed by atoms with E-state index >= 15 is 0 Å². The Bertz CT molecular complexity index is 6950. The fourth-order valence-corrected chi connectivity index (χ4v) is 15.6. The highest BCUT2D eigenvalue weighted by atomic mass is 19.1. The van der Waals surface area contributed by atoms with E-state index in [0.29, 0.717) is 83.9 Å². The van der Waals surface area contributed by atoms with Crippen molar-refractivity contribution in [3.05, 3.63) is 280 Å². The van der Waals surface area contributed by atoms with Gasteiger partial charge in [0.15, 0.2) is 0 Å². The molecule has 0 aliphatic carbocycles. The third-order valence-corrected chi connectivity index (χ3v) is 22.6. The molecular weight excluding hydrogens is 1710 g/mol. The average Bonchev–Trinajstić information content (AvgIpc) is 1.67. The van der Waals surface area contributed by atoms with E-state index in [-0.39, 0.29) is 13.2 Å². The Kier molecular flexibility index (Phi) is 30.4. The Morgan fingerprint density at radius 2 is 0.741 bits per heavy atom. The molecule has 3 atom stereocenters. The Morgan fingerprint density at radius 1 is 0.385 bits per heavy atom. The van der Waals surface area contributed by atoms with E-state index < -0.39 is 30.7 Å². The molecule has 18 rings (SSSR count). The second kappa shape index (κ2) is 43.6. The molecule has 0 amide bonds. The smallest absolute Gasteiger partial charge is 0.128 e. The molecule has 31 nitrogen and oxygen atoms in total. The van der Waals surface area contributed by atoms with Crippen LogP contribution in [-0.4, -0.2) is 215 Å². The fraction of sp³-hybridized carbons (Fsp3) is 0.243. The van der Waals surface area contributed by atoms with Crippen LogP contribution in [0.25, 0.3) is 89.2 Å². The number of hydrogen-bond donors (Lipinski definition) is 4. The van der Waals surface area contributed by atoms with Crippen molar-refractivity contribution in [2.45, 2.75) is 45.2 Å². The highest BCUT2D eigenvalue weighted by Gasteiger charge is 2.25. The molecule has 0 spiro atoms. The molecule has 0 radical (unpaired) electrons. The lowest BCUT2D eigenvalue weighted by Gasteiger charge is -2.28. The number of nitrogens with zero attached hydrogens (tertiary/aromatic N) is 19. The minimum Gasteiger partial charge on any atom is -0.497 e. The van der Waals surface area contributed by atoms with Crippen LogP contribution in [0.15, 0.2) is 274 Å². The van der Waals surface area contributed by atoms with Gasteiger partial charge >= 0.3 is 0 Å². The number of hydrogen-bond acceptors (Lipinski definition) is 26. The first kappa shape index (κ1) is 94.0. The van der Waals surface area contributed by atoms with E-state index in [9.17, 15) is 24.8 Å². The third kappa shape index (κ3) is 23.3. The van der Waals surface area contributed by atoms with Gasteiger partial charge in [0.25, 0.3) is 0 Å². The zero-order valence-corrected chi connectivity index (χ0v) is 77.4. The molecule has 0 saturated heterocycles. The number of methoxy groups -OCH3 is 8. The van der Waals surface area contributed by atoms with Crippen LogP contribution in [0.3, 0.4) is 0 Å². The monoisotopic (exact) mass is 1820 g/mol. The summed E-state index contributed by atoms with van der Waals surface area (Å²) < 4.78 is 67.5. The second-order valence-electron chi connectivity index (χ2n) is 32.1.